The number of hydrogen-bond donors (Lipinski definition) is 1. The third-order valence-electron chi connectivity index (χ3n) is 5.36. The molecule has 0 bridgehead atoms. The maximum Gasteiger partial charge on any atom is 0.232 e. The lowest BCUT2D eigenvalue weighted by Gasteiger charge is -2.26. The normalized spacial score (nSPS) is 12.1. The number of ether oxygens (including phenoxy) is 1. The number of anilines is 1. The van der Waals surface area contributed by atoms with Crippen LogP contribution in [0.3, 0.4) is 0 Å². The van der Waals surface area contributed by atoms with E-state index in [1.165, 1.54) is 5.56 Å². The monoisotopic (exact) mass is 449 g/mol. The number of aliphatic hydroxyl groups excluding tert-OH is 1. The molecule has 176 valence electrons. The molecular weight excluding hydrogens is 414 g/mol. The Balaban J connectivity index is 1.86. The molecule has 1 N–H and O–H groups in total. The molecule has 6 nitrogen and oxygen atoms in total. The highest BCUT2D eigenvalue weighted by Gasteiger charge is 2.24. The van der Waals surface area contributed by atoms with Crippen molar-refractivity contribution in [1.29, 1.82) is 0 Å². The topological polar surface area (TPSA) is 62.0 Å². The zero-order chi connectivity index (χ0) is 23.5. The van der Waals surface area contributed by atoms with E-state index in [-0.39, 0.29) is 6.61 Å². The molecule has 1 atom stereocenters. The van der Waals surface area contributed by atoms with Gasteiger partial charge in [0.2, 0.25) is 5.88 Å². The van der Waals surface area contributed by atoms with Crippen LogP contribution >= 0.6 is 0 Å². The van der Waals surface area contributed by atoms with Crippen LogP contribution in [-0.2, 0) is 17.8 Å². The molecule has 0 fully saturated rings. The van der Waals surface area contributed by atoms with Crippen LogP contribution in [0.15, 0.2) is 77.8 Å². The van der Waals surface area contributed by atoms with Crippen LogP contribution in [0.25, 0.3) is 11.3 Å². The lowest BCUT2D eigenvalue weighted by atomic mass is 10.1. The van der Waals surface area contributed by atoms with E-state index >= 15 is 0 Å². The summed E-state index contributed by atoms with van der Waals surface area (Å²) in [6.07, 6.45) is 2.08. The number of rotatable bonds is 14. The van der Waals surface area contributed by atoms with Gasteiger partial charge in [-0.3, -0.25) is 4.90 Å². The van der Waals surface area contributed by atoms with Crippen molar-refractivity contribution in [3.8, 4) is 11.3 Å². The van der Waals surface area contributed by atoms with Crippen molar-refractivity contribution in [2.45, 2.75) is 32.5 Å². The Morgan fingerprint density at radius 2 is 1.79 bits per heavy atom. The lowest BCUT2D eigenvalue weighted by Crippen LogP contribution is -2.35. The average Bonchev–Trinajstić information content (AvgIpc) is 3.24. The molecule has 0 unspecified atom stereocenters. The quantitative estimate of drug-likeness (QED) is 0.283. The molecule has 0 amide bonds. The second kappa shape index (κ2) is 12.9. The molecule has 1 aromatic heterocycles. The molecule has 0 spiro atoms. The summed E-state index contributed by atoms with van der Waals surface area (Å²) in [5.41, 5.74) is 4.07. The molecule has 3 aromatic rings. The van der Waals surface area contributed by atoms with E-state index in [4.69, 9.17) is 9.26 Å². The van der Waals surface area contributed by atoms with Gasteiger partial charge in [-0.15, -0.1) is 6.58 Å². The smallest absolute Gasteiger partial charge is 0.232 e. The molecule has 0 saturated heterocycles. The minimum atomic E-state index is -0.581. The van der Waals surface area contributed by atoms with Gasteiger partial charge in [-0.25, -0.2) is 0 Å². The predicted octanol–water partition coefficient (Wildman–Crippen LogP) is 4.75. The van der Waals surface area contributed by atoms with Crippen molar-refractivity contribution in [3.63, 3.8) is 0 Å². The van der Waals surface area contributed by atoms with Gasteiger partial charge < -0.3 is 19.3 Å². The Morgan fingerprint density at radius 1 is 1.09 bits per heavy atom. The van der Waals surface area contributed by atoms with E-state index in [2.05, 4.69) is 40.6 Å². The standard InChI is InChI=1S/C27H35N3O3/c1-4-16-30(19-24(31)21-32-17-5-2)20-25-26(23-14-10-7-11-15-23)28-33-27(25)29(3)18-22-12-8-6-9-13-22/h5-15,24,31H,2,4,16-21H2,1,3H3/t24-/m0/s1. The Labute approximate surface area is 197 Å². The van der Waals surface area contributed by atoms with E-state index < -0.39 is 6.10 Å². The molecule has 3 rings (SSSR count). The number of benzene rings is 2. The summed E-state index contributed by atoms with van der Waals surface area (Å²) < 4.78 is 11.3. The van der Waals surface area contributed by atoms with Crippen molar-refractivity contribution in [2.75, 3.05) is 38.3 Å². The minimum Gasteiger partial charge on any atom is -0.389 e. The second-order valence-corrected chi connectivity index (χ2v) is 8.24. The van der Waals surface area contributed by atoms with Gasteiger partial charge in [0.05, 0.1) is 24.9 Å². The Bertz CT molecular complexity index is 959. The fourth-order valence-electron chi connectivity index (χ4n) is 3.91. The molecule has 2 aromatic carbocycles. The summed E-state index contributed by atoms with van der Waals surface area (Å²) in [5, 5.41) is 15.0. The third-order valence-corrected chi connectivity index (χ3v) is 5.36. The number of aromatic nitrogens is 1. The third kappa shape index (κ3) is 7.29. The largest absolute Gasteiger partial charge is 0.389 e. The fraction of sp³-hybridized carbons (Fsp3) is 0.370. The second-order valence-electron chi connectivity index (χ2n) is 8.24. The van der Waals surface area contributed by atoms with E-state index in [0.717, 1.165) is 35.7 Å². The minimum absolute atomic E-state index is 0.280. The van der Waals surface area contributed by atoms with Crippen molar-refractivity contribution >= 4 is 5.88 Å². The number of nitrogens with zero attached hydrogens (tertiary/aromatic N) is 3. The van der Waals surface area contributed by atoms with Gasteiger partial charge >= 0.3 is 0 Å². The zero-order valence-electron chi connectivity index (χ0n) is 19.7. The van der Waals surface area contributed by atoms with E-state index in [1.54, 1.807) is 6.08 Å². The van der Waals surface area contributed by atoms with E-state index in [9.17, 15) is 5.11 Å². The van der Waals surface area contributed by atoms with Crippen LogP contribution in [0.2, 0.25) is 0 Å². The van der Waals surface area contributed by atoms with Gasteiger partial charge in [0, 0.05) is 32.2 Å². The van der Waals surface area contributed by atoms with Crippen LogP contribution in [0, 0.1) is 0 Å². The maximum absolute atomic E-state index is 10.5. The molecular formula is C27H35N3O3. The summed E-state index contributed by atoms with van der Waals surface area (Å²) in [4.78, 5) is 4.33. The van der Waals surface area contributed by atoms with E-state index in [0.29, 0.717) is 26.2 Å². The molecule has 1 heterocycles. The Morgan fingerprint density at radius 3 is 2.45 bits per heavy atom. The van der Waals surface area contributed by atoms with Gasteiger partial charge in [-0.1, -0.05) is 78.8 Å². The zero-order valence-corrected chi connectivity index (χ0v) is 19.7. The average molecular weight is 450 g/mol. The summed E-state index contributed by atoms with van der Waals surface area (Å²) in [6.45, 7) is 9.19. The number of aliphatic hydroxyl groups is 1. The fourth-order valence-corrected chi connectivity index (χ4v) is 3.91. The molecule has 6 heteroatoms. The van der Waals surface area contributed by atoms with Crippen LogP contribution in [0.4, 0.5) is 5.88 Å². The van der Waals surface area contributed by atoms with Crippen LogP contribution in [0.5, 0.6) is 0 Å². The molecule has 0 saturated carbocycles. The first-order valence-electron chi connectivity index (χ1n) is 11.5. The highest BCUT2D eigenvalue weighted by atomic mass is 16.5. The molecule has 0 aliphatic rings. The first-order chi connectivity index (χ1) is 16.1. The molecule has 33 heavy (non-hydrogen) atoms. The predicted molar refractivity (Wildman–Crippen MR) is 133 cm³/mol. The first kappa shape index (κ1) is 24.7. The summed E-state index contributed by atoms with van der Waals surface area (Å²) >= 11 is 0. The lowest BCUT2D eigenvalue weighted by molar-refractivity contribution is 0.0246. The molecule has 0 aliphatic carbocycles. The van der Waals surface area contributed by atoms with Crippen molar-refractivity contribution < 1.29 is 14.4 Å². The molecule has 0 radical (unpaired) electrons. The van der Waals surface area contributed by atoms with Gasteiger partial charge in [0.15, 0.2) is 0 Å². The SMILES string of the molecule is C=CCOC[C@@H](O)CN(CCC)Cc1c(-c2ccccc2)noc1N(C)Cc1ccccc1. The highest BCUT2D eigenvalue weighted by molar-refractivity contribution is 5.68. The number of hydrogen-bond acceptors (Lipinski definition) is 6. The van der Waals surface area contributed by atoms with Gasteiger partial charge in [-0.2, -0.15) is 0 Å². The van der Waals surface area contributed by atoms with Gasteiger partial charge in [0.25, 0.3) is 0 Å². The molecule has 0 aliphatic heterocycles. The first-order valence-corrected chi connectivity index (χ1v) is 11.5. The van der Waals surface area contributed by atoms with Crippen molar-refractivity contribution in [2.24, 2.45) is 0 Å². The van der Waals surface area contributed by atoms with Crippen molar-refractivity contribution in [3.05, 3.63) is 84.4 Å². The van der Waals surface area contributed by atoms with E-state index in [1.807, 2.05) is 55.6 Å². The van der Waals surface area contributed by atoms with Gasteiger partial charge in [0.1, 0.15) is 5.69 Å². The summed E-state index contributed by atoms with van der Waals surface area (Å²) in [7, 11) is 2.02. The summed E-state index contributed by atoms with van der Waals surface area (Å²) in [5.74, 6) is 0.746. The van der Waals surface area contributed by atoms with Crippen LogP contribution in [-0.4, -0.2) is 54.6 Å². The van der Waals surface area contributed by atoms with Crippen LogP contribution < -0.4 is 4.90 Å². The van der Waals surface area contributed by atoms with Crippen molar-refractivity contribution in [1.82, 2.24) is 10.1 Å². The Hall–Kier alpha value is -2.93. The highest BCUT2D eigenvalue weighted by Crippen LogP contribution is 2.32. The maximum atomic E-state index is 10.5. The summed E-state index contributed by atoms with van der Waals surface area (Å²) in [6, 6.07) is 20.4. The van der Waals surface area contributed by atoms with Gasteiger partial charge in [-0.05, 0) is 18.5 Å². The Kier molecular flexibility index (Phi) is 9.69. The van der Waals surface area contributed by atoms with Crippen LogP contribution in [0.1, 0.15) is 24.5 Å².